The molecule has 0 amide bonds. The molecular weight excluding hydrogens is 272 g/mol. The molecule has 19 heavy (non-hydrogen) atoms. The van der Waals surface area contributed by atoms with E-state index >= 15 is 0 Å². The zero-order chi connectivity index (χ0) is 14.0. The third-order valence-electron chi connectivity index (χ3n) is 2.84. The van der Waals surface area contributed by atoms with Crippen LogP contribution in [0.1, 0.15) is 23.7 Å². The lowest BCUT2D eigenvalue weighted by Crippen LogP contribution is -2.16. The molecule has 102 valence electrons. The van der Waals surface area contributed by atoms with Gasteiger partial charge in [-0.05, 0) is 12.1 Å². The Morgan fingerprint density at radius 3 is 2.84 bits per heavy atom. The molecule has 0 aliphatic carbocycles. The number of halogens is 1. The van der Waals surface area contributed by atoms with E-state index < -0.39 is 11.9 Å². The van der Waals surface area contributed by atoms with Crippen LogP contribution in [0.15, 0.2) is 12.1 Å². The normalized spacial score (nSPS) is 14.1. The summed E-state index contributed by atoms with van der Waals surface area (Å²) in [7, 11) is 1.29. The van der Waals surface area contributed by atoms with Crippen molar-refractivity contribution >= 4 is 23.4 Å². The molecular formula is C13H13ClO5. The van der Waals surface area contributed by atoms with Crippen LogP contribution in [0.5, 0.6) is 11.5 Å². The van der Waals surface area contributed by atoms with Gasteiger partial charge in [-0.3, -0.25) is 9.59 Å². The lowest BCUT2D eigenvalue weighted by Gasteiger charge is -2.09. The molecule has 5 nitrogen and oxygen atoms in total. The number of hydrogen-bond donors (Lipinski definition) is 0. The number of fused-ring (bicyclic) bond motifs is 1. The van der Waals surface area contributed by atoms with Gasteiger partial charge < -0.3 is 14.2 Å². The fourth-order valence-corrected chi connectivity index (χ4v) is 2.07. The highest BCUT2D eigenvalue weighted by Gasteiger charge is 2.23. The summed E-state index contributed by atoms with van der Waals surface area (Å²) in [5.41, 5.74) is 0.394. The molecule has 0 radical (unpaired) electrons. The van der Waals surface area contributed by atoms with Crippen LogP contribution < -0.4 is 9.47 Å². The molecule has 6 heteroatoms. The van der Waals surface area contributed by atoms with Crippen LogP contribution in [-0.4, -0.2) is 25.7 Å². The van der Waals surface area contributed by atoms with Gasteiger partial charge in [-0.15, -0.1) is 0 Å². The Morgan fingerprint density at radius 2 is 2.16 bits per heavy atom. The standard InChI is InChI=1S/C13H13ClO5/c1-7(13(16)17-2)3-10(15)8-4-9(14)12-11(5-8)18-6-19-12/h4-5,7H,3,6H2,1-2H3. The Kier molecular flexibility index (Phi) is 3.95. The minimum absolute atomic E-state index is 0.0582. The number of carbonyl (C=O) groups excluding carboxylic acids is 2. The quantitative estimate of drug-likeness (QED) is 0.628. The summed E-state index contributed by atoms with van der Waals surface area (Å²) in [6, 6.07) is 3.09. The zero-order valence-electron chi connectivity index (χ0n) is 10.6. The molecule has 1 aliphatic heterocycles. The van der Waals surface area contributed by atoms with Gasteiger partial charge in [0, 0.05) is 12.0 Å². The molecule has 0 N–H and O–H groups in total. The number of Topliss-reactive ketones (excluding diaryl/α,β-unsaturated/α-hetero) is 1. The van der Waals surface area contributed by atoms with Crippen LogP contribution in [0.25, 0.3) is 0 Å². The van der Waals surface area contributed by atoms with Gasteiger partial charge in [-0.1, -0.05) is 18.5 Å². The van der Waals surface area contributed by atoms with Gasteiger partial charge in [0.15, 0.2) is 17.3 Å². The second kappa shape index (κ2) is 5.48. The topological polar surface area (TPSA) is 61.8 Å². The summed E-state index contributed by atoms with van der Waals surface area (Å²) in [4.78, 5) is 23.4. The van der Waals surface area contributed by atoms with Crippen molar-refractivity contribution in [2.24, 2.45) is 5.92 Å². The largest absolute Gasteiger partial charge is 0.469 e. The number of rotatable bonds is 4. The first-order valence-corrected chi connectivity index (χ1v) is 6.11. The second-order valence-electron chi connectivity index (χ2n) is 4.24. The summed E-state index contributed by atoms with van der Waals surface area (Å²) in [6.45, 7) is 1.73. The Hall–Kier alpha value is -1.75. The number of benzene rings is 1. The van der Waals surface area contributed by atoms with Gasteiger partial charge in [0.05, 0.1) is 18.1 Å². The number of hydrogen-bond acceptors (Lipinski definition) is 5. The van der Waals surface area contributed by atoms with Crippen LogP contribution in [0.3, 0.4) is 0 Å². The van der Waals surface area contributed by atoms with Crippen molar-refractivity contribution in [3.63, 3.8) is 0 Å². The van der Waals surface area contributed by atoms with Crippen LogP contribution in [0.2, 0.25) is 5.02 Å². The summed E-state index contributed by atoms with van der Waals surface area (Å²) in [5.74, 6) is -0.221. The molecule has 1 aromatic carbocycles. The molecule has 0 aromatic heterocycles. The SMILES string of the molecule is COC(=O)C(C)CC(=O)c1cc(Cl)c2c(c1)OCO2. The fourth-order valence-electron chi connectivity index (χ4n) is 1.81. The monoisotopic (exact) mass is 284 g/mol. The Labute approximate surface area is 115 Å². The van der Waals surface area contributed by atoms with Crippen molar-refractivity contribution in [3.8, 4) is 11.5 Å². The van der Waals surface area contributed by atoms with Crippen LogP contribution in [0.4, 0.5) is 0 Å². The van der Waals surface area contributed by atoms with E-state index in [2.05, 4.69) is 4.74 Å². The molecule has 1 atom stereocenters. The fraction of sp³-hybridized carbons (Fsp3) is 0.385. The smallest absolute Gasteiger partial charge is 0.308 e. The van der Waals surface area contributed by atoms with E-state index in [9.17, 15) is 9.59 Å². The molecule has 1 unspecified atom stereocenters. The van der Waals surface area contributed by atoms with Gasteiger partial charge in [0.25, 0.3) is 0 Å². The van der Waals surface area contributed by atoms with E-state index in [0.717, 1.165) is 0 Å². The van der Waals surface area contributed by atoms with Gasteiger partial charge in [0.2, 0.25) is 6.79 Å². The van der Waals surface area contributed by atoms with E-state index in [1.54, 1.807) is 13.0 Å². The van der Waals surface area contributed by atoms with E-state index in [-0.39, 0.29) is 19.0 Å². The van der Waals surface area contributed by atoms with E-state index in [1.807, 2.05) is 0 Å². The lowest BCUT2D eigenvalue weighted by atomic mass is 9.99. The summed E-state index contributed by atoms with van der Waals surface area (Å²) >= 11 is 6.00. The Morgan fingerprint density at radius 1 is 1.42 bits per heavy atom. The van der Waals surface area contributed by atoms with E-state index in [1.165, 1.54) is 13.2 Å². The molecule has 0 spiro atoms. The van der Waals surface area contributed by atoms with Crippen LogP contribution >= 0.6 is 11.6 Å². The number of carbonyl (C=O) groups is 2. The Bertz CT molecular complexity index is 526. The number of ether oxygens (including phenoxy) is 3. The first-order valence-electron chi connectivity index (χ1n) is 5.73. The first-order chi connectivity index (χ1) is 9.02. The van der Waals surface area contributed by atoms with Gasteiger partial charge in [-0.25, -0.2) is 0 Å². The third kappa shape index (κ3) is 2.81. The van der Waals surface area contributed by atoms with Crippen LogP contribution in [-0.2, 0) is 9.53 Å². The molecule has 0 fully saturated rings. The first kappa shape index (κ1) is 13.7. The molecule has 0 saturated heterocycles. The van der Waals surface area contributed by atoms with Crippen molar-refractivity contribution in [2.75, 3.05) is 13.9 Å². The average molecular weight is 285 g/mol. The highest BCUT2D eigenvalue weighted by atomic mass is 35.5. The zero-order valence-corrected chi connectivity index (χ0v) is 11.3. The molecule has 1 aliphatic rings. The van der Waals surface area contributed by atoms with Crippen molar-refractivity contribution in [1.82, 2.24) is 0 Å². The van der Waals surface area contributed by atoms with Gasteiger partial charge in [-0.2, -0.15) is 0 Å². The maximum Gasteiger partial charge on any atom is 0.308 e. The minimum atomic E-state index is -0.498. The molecule has 0 saturated carbocycles. The minimum Gasteiger partial charge on any atom is -0.469 e. The number of esters is 1. The number of methoxy groups -OCH3 is 1. The second-order valence-corrected chi connectivity index (χ2v) is 4.65. The third-order valence-corrected chi connectivity index (χ3v) is 3.13. The van der Waals surface area contributed by atoms with Gasteiger partial charge in [0.1, 0.15) is 0 Å². The highest BCUT2D eigenvalue weighted by molar-refractivity contribution is 6.32. The summed E-state index contributed by atoms with van der Waals surface area (Å²) in [5, 5.41) is 0.323. The highest BCUT2D eigenvalue weighted by Crippen LogP contribution is 2.40. The van der Waals surface area contributed by atoms with Gasteiger partial charge >= 0.3 is 5.97 Å². The maximum absolute atomic E-state index is 12.1. The predicted molar refractivity (Wildman–Crippen MR) is 67.7 cm³/mol. The van der Waals surface area contributed by atoms with Crippen LogP contribution in [0, 0.1) is 5.92 Å². The molecule has 2 rings (SSSR count). The van der Waals surface area contributed by atoms with E-state index in [4.69, 9.17) is 21.1 Å². The Balaban J connectivity index is 2.16. The molecule has 1 heterocycles. The van der Waals surface area contributed by atoms with E-state index in [0.29, 0.717) is 22.1 Å². The molecule has 0 bridgehead atoms. The van der Waals surface area contributed by atoms with Crippen molar-refractivity contribution in [2.45, 2.75) is 13.3 Å². The average Bonchev–Trinajstić information content (AvgIpc) is 2.86. The summed E-state index contributed by atoms with van der Waals surface area (Å²) in [6.07, 6.45) is 0.0582. The lowest BCUT2D eigenvalue weighted by molar-refractivity contribution is -0.144. The predicted octanol–water partition coefficient (Wildman–Crippen LogP) is 2.45. The van der Waals surface area contributed by atoms with Crippen molar-refractivity contribution < 1.29 is 23.8 Å². The molecule has 1 aromatic rings. The summed E-state index contributed by atoms with van der Waals surface area (Å²) < 4.78 is 14.9. The van der Waals surface area contributed by atoms with Crippen molar-refractivity contribution in [1.29, 1.82) is 0 Å². The van der Waals surface area contributed by atoms with Crippen molar-refractivity contribution in [3.05, 3.63) is 22.7 Å². The number of ketones is 1. The maximum atomic E-state index is 12.1.